The highest BCUT2D eigenvalue weighted by atomic mass is 17.1. The fourth-order valence-electron chi connectivity index (χ4n) is 4.40. The second-order valence-corrected chi connectivity index (χ2v) is 9.55. The monoisotopic (exact) mass is 498 g/mol. The van der Waals surface area contributed by atoms with Crippen LogP contribution < -0.4 is 4.74 Å². The Kier molecular flexibility index (Phi) is 14.9. The molecule has 0 radical (unpaired) electrons. The van der Waals surface area contributed by atoms with Crippen molar-refractivity contribution in [1.82, 2.24) is 0 Å². The Hall–Kier alpha value is -2.37. The molecule has 2 rings (SSSR count). The highest BCUT2D eigenvalue weighted by Gasteiger charge is 2.31. The van der Waals surface area contributed by atoms with E-state index in [2.05, 4.69) is 32.9 Å². The zero-order valence-electron chi connectivity index (χ0n) is 22.5. The molecular formula is C31H46O5. The van der Waals surface area contributed by atoms with Crippen molar-refractivity contribution in [3.05, 3.63) is 65.2 Å². The first-order valence-electron chi connectivity index (χ1n) is 13.9. The molecule has 0 aromatic heterocycles. The molecule has 0 aliphatic heterocycles. The molecule has 0 heterocycles. The van der Waals surface area contributed by atoms with E-state index in [9.17, 15) is 10.1 Å². The van der Waals surface area contributed by atoms with Crippen LogP contribution in [0.1, 0.15) is 88.8 Å². The Morgan fingerprint density at radius 2 is 1.31 bits per heavy atom. The number of hydrogen-bond donors (Lipinski definition) is 1. The topological polar surface area (TPSA) is 65.0 Å². The number of carbonyl (C=O) groups is 1. The molecule has 5 nitrogen and oxygen atoms in total. The summed E-state index contributed by atoms with van der Waals surface area (Å²) in [7, 11) is 0. The van der Waals surface area contributed by atoms with E-state index in [4.69, 9.17) is 14.4 Å². The number of aryl methyl sites for hydroxylation is 2. The fraction of sp³-hybridized carbons (Fsp3) is 0.581. The normalized spacial score (nSPS) is 12.8. The zero-order valence-corrected chi connectivity index (χ0v) is 22.5. The minimum atomic E-state index is -0.646. The average molecular weight is 499 g/mol. The van der Waals surface area contributed by atoms with E-state index in [1.165, 1.54) is 36.8 Å². The summed E-state index contributed by atoms with van der Waals surface area (Å²) in [6.45, 7) is 6.89. The fourth-order valence-corrected chi connectivity index (χ4v) is 4.40. The van der Waals surface area contributed by atoms with Crippen molar-refractivity contribution >= 4 is 5.97 Å². The Morgan fingerprint density at radius 1 is 0.750 bits per heavy atom. The number of unbranched alkanes of at least 4 members (excludes halogenated alkanes) is 6. The van der Waals surface area contributed by atoms with Gasteiger partial charge >= 0.3 is 5.97 Å². The molecule has 0 amide bonds. The summed E-state index contributed by atoms with van der Waals surface area (Å²) in [4.78, 5) is 17.9. The second-order valence-electron chi connectivity index (χ2n) is 9.55. The second kappa shape index (κ2) is 18.0. The molecule has 2 unspecified atom stereocenters. The van der Waals surface area contributed by atoms with Crippen LogP contribution in [0.5, 0.6) is 5.75 Å². The summed E-state index contributed by atoms with van der Waals surface area (Å²) in [5.41, 5.74) is 3.53. The molecular weight excluding hydrogens is 452 g/mol. The van der Waals surface area contributed by atoms with Gasteiger partial charge in [-0.05, 0) is 48.1 Å². The zero-order chi connectivity index (χ0) is 26.0. The van der Waals surface area contributed by atoms with Gasteiger partial charge < -0.3 is 9.47 Å². The summed E-state index contributed by atoms with van der Waals surface area (Å²) >= 11 is 0. The van der Waals surface area contributed by atoms with Crippen molar-refractivity contribution in [3.8, 4) is 5.75 Å². The first kappa shape index (κ1) is 29.9. The Labute approximate surface area is 218 Å². The lowest BCUT2D eigenvalue weighted by Crippen LogP contribution is -2.34. The predicted molar refractivity (Wildman–Crippen MR) is 145 cm³/mol. The maximum absolute atomic E-state index is 13.1. The number of hydrogen-bond acceptors (Lipinski definition) is 5. The van der Waals surface area contributed by atoms with Gasteiger partial charge in [-0.25, -0.2) is 4.89 Å². The van der Waals surface area contributed by atoms with Crippen LogP contribution in [0.2, 0.25) is 0 Å². The molecule has 0 saturated heterocycles. The minimum Gasteiger partial charge on any atom is -0.490 e. The molecule has 0 saturated carbocycles. The van der Waals surface area contributed by atoms with Crippen LogP contribution in [0.3, 0.4) is 0 Å². The lowest BCUT2D eigenvalue weighted by Gasteiger charge is -2.23. The highest BCUT2D eigenvalue weighted by Crippen LogP contribution is 2.23. The van der Waals surface area contributed by atoms with E-state index in [1.54, 1.807) is 0 Å². The van der Waals surface area contributed by atoms with Crippen LogP contribution in [-0.2, 0) is 33.7 Å². The summed E-state index contributed by atoms with van der Waals surface area (Å²) in [6.07, 6.45) is 10.5. The number of ether oxygens (including phenoxy) is 2. The van der Waals surface area contributed by atoms with Gasteiger partial charge in [0.05, 0.1) is 5.92 Å². The van der Waals surface area contributed by atoms with Crippen LogP contribution in [0.25, 0.3) is 0 Å². The summed E-state index contributed by atoms with van der Waals surface area (Å²) in [5, 5.41) is 9.74. The third-order valence-corrected chi connectivity index (χ3v) is 6.80. The maximum atomic E-state index is 13.1. The van der Waals surface area contributed by atoms with Gasteiger partial charge in [-0.1, -0.05) is 102 Å². The summed E-state index contributed by atoms with van der Waals surface area (Å²) in [6, 6.07) is 16.2. The van der Waals surface area contributed by atoms with Crippen molar-refractivity contribution in [1.29, 1.82) is 0 Å². The van der Waals surface area contributed by atoms with E-state index in [0.29, 0.717) is 12.8 Å². The van der Waals surface area contributed by atoms with Gasteiger partial charge in [0, 0.05) is 6.42 Å². The van der Waals surface area contributed by atoms with Crippen LogP contribution >= 0.6 is 0 Å². The van der Waals surface area contributed by atoms with Gasteiger partial charge in [-0.2, -0.15) is 0 Å². The smallest absolute Gasteiger partial charge is 0.311 e. The van der Waals surface area contributed by atoms with E-state index in [1.807, 2.05) is 36.4 Å². The first-order chi connectivity index (χ1) is 17.6. The molecule has 0 fully saturated rings. The predicted octanol–water partition coefficient (Wildman–Crippen LogP) is 7.59. The van der Waals surface area contributed by atoms with Crippen molar-refractivity contribution < 1.29 is 24.4 Å². The molecule has 2 aromatic rings. The van der Waals surface area contributed by atoms with Crippen molar-refractivity contribution in [3.63, 3.8) is 0 Å². The molecule has 200 valence electrons. The number of carbonyl (C=O) groups excluding carboxylic acids is 1. The molecule has 0 aliphatic carbocycles. The van der Waals surface area contributed by atoms with Gasteiger partial charge in [0.1, 0.15) is 25.1 Å². The summed E-state index contributed by atoms with van der Waals surface area (Å²) < 4.78 is 11.3. The Balaban J connectivity index is 1.91. The van der Waals surface area contributed by atoms with Gasteiger partial charge in [-0.3, -0.25) is 10.1 Å². The summed E-state index contributed by atoms with van der Waals surface area (Å²) in [5.74, 6) is -0.106. The third kappa shape index (κ3) is 11.1. The van der Waals surface area contributed by atoms with E-state index in [0.717, 1.165) is 43.4 Å². The van der Waals surface area contributed by atoms with Crippen molar-refractivity contribution in [2.24, 2.45) is 5.92 Å². The molecule has 0 bridgehead atoms. The SMILES string of the molecule is CCCCCCCCCC(C(=O)OCCOc1ccc(CC)cc1)C(Cc1ccc(CC)cc1)OO. The van der Waals surface area contributed by atoms with E-state index in [-0.39, 0.29) is 19.2 Å². The molecule has 2 aromatic carbocycles. The van der Waals surface area contributed by atoms with E-state index < -0.39 is 12.0 Å². The van der Waals surface area contributed by atoms with Crippen LogP contribution in [0.15, 0.2) is 48.5 Å². The molecule has 0 spiro atoms. The lowest BCUT2D eigenvalue weighted by molar-refractivity contribution is -0.290. The van der Waals surface area contributed by atoms with Crippen LogP contribution in [0.4, 0.5) is 0 Å². The van der Waals surface area contributed by atoms with Gasteiger partial charge in [0.15, 0.2) is 0 Å². The maximum Gasteiger partial charge on any atom is 0.311 e. The van der Waals surface area contributed by atoms with Crippen LogP contribution in [0, 0.1) is 5.92 Å². The first-order valence-corrected chi connectivity index (χ1v) is 13.9. The number of esters is 1. The molecule has 36 heavy (non-hydrogen) atoms. The number of benzene rings is 2. The largest absolute Gasteiger partial charge is 0.490 e. The van der Waals surface area contributed by atoms with Gasteiger partial charge in [-0.15, -0.1) is 0 Å². The standard InChI is InChI=1S/C31H46O5/c1-4-7-8-9-10-11-12-13-29(30(36-33)24-27-16-14-25(5-2)15-17-27)31(32)35-23-22-34-28-20-18-26(6-3)19-21-28/h14-21,29-30,33H,4-13,22-24H2,1-3H3. The lowest BCUT2D eigenvalue weighted by atomic mass is 9.90. The van der Waals surface area contributed by atoms with Gasteiger partial charge in [0.25, 0.3) is 0 Å². The molecule has 2 atom stereocenters. The quantitative estimate of drug-likeness (QED) is 0.0935. The average Bonchev–Trinajstić information content (AvgIpc) is 2.92. The number of rotatable bonds is 19. The minimum absolute atomic E-state index is 0.158. The van der Waals surface area contributed by atoms with E-state index >= 15 is 0 Å². The van der Waals surface area contributed by atoms with Crippen molar-refractivity contribution in [2.45, 2.75) is 97.5 Å². The molecule has 5 heteroatoms. The van der Waals surface area contributed by atoms with Gasteiger partial charge in [0.2, 0.25) is 0 Å². The third-order valence-electron chi connectivity index (χ3n) is 6.80. The molecule has 0 aliphatic rings. The molecule has 1 N–H and O–H groups in total. The Morgan fingerprint density at radius 3 is 1.89 bits per heavy atom. The van der Waals surface area contributed by atoms with Crippen LogP contribution in [-0.4, -0.2) is 30.5 Å². The Bertz CT molecular complexity index is 831. The highest BCUT2D eigenvalue weighted by molar-refractivity contribution is 5.73. The van der Waals surface area contributed by atoms with Crippen molar-refractivity contribution in [2.75, 3.05) is 13.2 Å².